The molecule has 0 saturated carbocycles. The van der Waals surface area contributed by atoms with Crippen molar-refractivity contribution >= 4 is 11.6 Å². The number of Topliss-reactive ketones (excluding diaryl/α,β-unsaturated/α-hetero) is 2. The van der Waals surface area contributed by atoms with Crippen molar-refractivity contribution in [1.29, 1.82) is 0 Å². The quantitative estimate of drug-likeness (QED) is 0.633. The van der Waals surface area contributed by atoms with Crippen molar-refractivity contribution < 1.29 is 9.59 Å². The molecule has 0 aliphatic heterocycles. The molecule has 11 heavy (non-hydrogen) atoms. The van der Waals surface area contributed by atoms with E-state index in [0.717, 1.165) is 0 Å². The van der Waals surface area contributed by atoms with Crippen molar-refractivity contribution in [2.45, 2.75) is 32.7 Å². The van der Waals surface area contributed by atoms with Gasteiger partial charge in [-0.1, -0.05) is 0 Å². The van der Waals surface area contributed by atoms with Gasteiger partial charge in [0, 0.05) is 12.8 Å². The number of ketones is 2. The average molecular weight is 157 g/mol. The molecule has 0 spiro atoms. The van der Waals surface area contributed by atoms with Gasteiger partial charge in [0.05, 0.1) is 6.04 Å². The average Bonchev–Trinajstić information content (AvgIpc) is 1.98. The van der Waals surface area contributed by atoms with Gasteiger partial charge < -0.3 is 10.1 Å². The molecule has 0 aromatic rings. The van der Waals surface area contributed by atoms with E-state index in [1.54, 1.807) is 14.0 Å². The zero-order valence-corrected chi connectivity index (χ0v) is 7.31. The van der Waals surface area contributed by atoms with Gasteiger partial charge in [0.2, 0.25) is 0 Å². The number of hydrogen-bond donors (Lipinski definition) is 1. The molecule has 0 heterocycles. The summed E-state index contributed by atoms with van der Waals surface area (Å²) in [5, 5.41) is 2.83. The van der Waals surface area contributed by atoms with E-state index in [4.69, 9.17) is 0 Å². The summed E-state index contributed by atoms with van der Waals surface area (Å²) >= 11 is 0. The predicted molar refractivity (Wildman–Crippen MR) is 43.4 cm³/mol. The molecule has 1 unspecified atom stereocenters. The Bertz CT molecular complexity index is 154. The summed E-state index contributed by atoms with van der Waals surface area (Å²) in [7, 11) is 1.73. The van der Waals surface area contributed by atoms with Gasteiger partial charge in [0.25, 0.3) is 0 Å². The maximum atomic E-state index is 11.1. The van der Waals surface area contributed by atoms with Crippen LogP contribution in [0.3, 0.4) is 0 Å². The second-order valence-electron chi connectivity index (χ2n) is 2.68. The van der Waals surface area contributed by atoms with E-state index < -0.39 is 0 Å². The summed E-state index contributed by atoms with van der Waals surface area (Å²) in [6, 6.07) is -0.130. The van der Waals surface area contributed by atoms with Crippen molar-refractivity contribution in [3.05, 3.63) is 0 Å². The fourth-order valence-electron chi connectivity index (χ4n) is 0.677. The summed E-state index contributed by atoms with van der Waals surface area (Å²) in [6.45, 7) is 3.29. The first-order valence-electron chi connectivity index (χ1n) is 3.77. The Kier molecular flexibility index (Phi) is 4.70. The van der Waals surface area contributed by atoms with Crippen LogP contribution in [0.15, 0.2) is 0 Å². The van der Waals surface area contributed by atoms with Crippen LogP contribution in [-0.4, -0.2) is 24.7 Å². The summed E-state index contributed by atoms with van der Waals surface area (Å²) in [5.74, 6) is 0.171. The van der Waals surface area contributed by atoms with Crippen molar-refractivity contribution in [2.24, 2.45) is 0 Å². The third kappa shape index (κ3) is 4.67. The molecule has 0 aliphatic rings. The summed E-state index contributed by atoms with van der Waals surface area (Å²) in [4.78, 5) is 21.6. The van der Waals surface area contributed by atoms with Gasteiger partial charge in [0.15, 0.2) is 0 Å². The highest BCUT2D eigenvalue weighted by Gasteiger charge is 2.10. The zero-order valence-electron chi connectivity index (χ0n) is 7.31. The first kappa shape index (κ1) is 10.3. The predicted octanol–water partition coefficient (Wildman–Crippen LogP) is 0.533. The lowest BCUT2D eigenvalue weighted by Crippen LogP contribution is -2.30. The van der Waals surface area contributed by atoms with Gasteiger partial charge in [-0.25, -0.2) is 0 Å². The first-order valence-corrected chi connectivity index (χ1v) is 3.77. The number of hydrogen-bond acceptors (Lipinski definition) is 3. The Morgan fingerprint density at radius 3 is 2.27 bits per heavy atom. The van der Waals surface area contributed by atoms with Gasteiger partial charge in [0.1, 0.15) is 11.6 Å². The largest absolute Gasteiger partial charge is 0.311 e. The van der Waals surface area contributed by atoms with Gasteiger partial charge in [-0.15, -0.1) is 0 Å². The summed E-state index contributed by atoms with van der Waals surface area (Å²) < 4.78 is 0. The summed E-state index contributed by atoms with van der Waals surface area (Å²) in [6.07, 6.45) is 0.724. The Hall–Kier alpha value is -0.700. The highest BCUT2D eigenvalue weighted by Crippen LogP contribution is 1.95. The van der Waals surface area contributed by atoms with E-state index in [1.165, 1.54) is 6.92 Å². The minimum atomic E-state index is -0.130. The molecule has 3 heteroatoms. The van der Waals surface area contributed by atoms with E-state index >= 15 is 0 Å². The van der Waals surface area contributed by atoms with E-state index in [-0.39, 0.29) is 17.6 Å². The molecule has 0 saturated heterocycles. The fraction of sp³-hybridized carbons (Fsp3) is 0.750. The molecule has 0 amide bonds. The molecule has 0 aromatic heterocycles. The molecule has 0 radical (unpaired) electrons. The monoisotopic (exact) mass is 157 g/mol. The van der Waals surface area contributed by atoms with E-state index in [1.807, 2.05) is 0 Å². The molecular weight excluding hydrogens is 142 g/mol. The smallest absolute Gasteiger partial charge is 0.149 e. The molecule has 3 nitrogen and oxygen atoms in total. The minimum absolute atomic E-state index is 0.0710. The van der Waals surface area contributed by atoms with E-state index in [2.05, 4.69) is 5.32 Å². The van der Waals surface area contributed by atoms with Crippen molar-refractivity contribution in [3.8, 4) is 0 Å². The zero-order chi connectivity index (χ0) is 8.85. The maximum absolute atomic E-state index is 11.1. The number of carbonyl (C=O) groups excluding carboxylic acids is 2. The standard InChI is InChI=1S/C8H15NO2/c1-6(10)4-5-8(11)7(2)9-3/h7,9H,4-5H2,1-3H3. The maximum Gasteiger partial charge on any atom is 0.149 e. The van der Waals surface area contributed by atoms with Crippen LogP contribution < -0.4 is 5.32 Å². The molecule has 1 atom stereocenters. The molecular formula is C8H15NO2. The van der Waals surface area contributed by atoms with Gasteiger partial charge in [-0.05, 0) is 20.9 Å². The van der Waals surface area contributed by atoms with Crippen LogP contribution in [0.5, 0.6) is 0 Å². The molecule has 0 rings (SSSR count). The van der Waals surface area contributed by atoms with Crippen molar-refractivity contribution in [2.75, 3.05) is 7.05 Å². The third-order valence-electron chi connectivity index (χ3n) is 1.64. The normalized spacial score (nSPS) is 12.6. The number of rotatable bonds is 5. The van der Waals surface area contributed by atoms with Crippen LogP contribution in [0.1, 0.15) is 26.7 Å². The number of likely N-dealkylation sites (N-methyl/N-ethyl adjacent to an activating group) is 1. The Labute approximate surface area is 67.2 Å². The van der Waals surface area contributed by atoms with E-state index in [9.17, 15) is 9.59 Å². The Morgan fingerprint density at radius 2 is 1.91 bits per heavy atom. The van der Waals surface area contributed by atoms with Gasteiger partial charge in [-0.2, -0.15) is 0 Å². The highest BCUT2D eigenvalue weighted by atomic mass is 16.1. The molecule has 64 valence electrons. The number of carbonyl (C=O) groups is 2. The minimum Gasteiger partial charge on any atom is -0.311 e. The lowest BCUT2D eigenvalue weighted by Gasteiger charge is -2.06. The first-order chi connectivity index (χ1) is 5.07. The molecule has 0 aliphatic carbocycles. The number of nitrogens with one attached hydrogen (secondary N) is 1. The van der Waals surface area contributed by atoms with Gasteiger partial charge >= 0.3 is 0 Å². The van der Waals surface area contributed by atoms with Crippen molar-refractivity contribution in [1.82, 2.24) is 5.32 Å². The van der Waals surface area contributed by atoms with E-state index in [0.29, 0.717) is 12.8 Å². The van der Waals surface area contributed by atoms with Crippen molar-refractivity contribution in [3.63, 3.8) is 0 Å². The Morgan fingerprint density at radius 1 is 1.36 bits per heavy atom. The van der Waals surface area contributed by atoms with Crippen LogP contribution in [-0.2, 0) is 9.59 Å². The molecule has 0 fully saturated rings. The SMILES string of the molecule is CNC(C)C(=O)CCC(C)=O. The Balaban J connectivity index is 3.60. The van der Waals surface area contributed by atoms with Crippen LogP contribution in [0.2, 0.25) is 0 Å². The highest BCUT2D eigenvalue weighted by molar-refractivity contribution is 5.87. The second kappa shape index (κ2) is 5.02. The van der Waals surface area contributed by atoms with Crippen LogP contribution >= 0.6 is 0 Å². The van der Waals surface area contributed by atoms with Crippen LogP contribution in [0, 0.1) is 0 Å². The lowest BCUT2D eigenvalue weighted by molar-refractivity contribution is -0.124. The second-order valence-corrected chi connectivity index (χ2v) is 2.68. The molecule has 1 N–H and O–H groups in total. The fourth-order valence-corrected chi connectivity index (χ4v) is 0.677. The summed E-state index contributed by atoms with van der Waals surface area (Å²) in [5.41, 5.74) is 0. The third-order valence-corrected chi connectivity index (χ3v) is 1.64. The topological polar surface area (TPSA) is 46.2 Å². The van der Waals surface area contributed by atoms with Crippen LogP contribution in [0.25, 0.3) is 0 Å². The molecule has 0 bridgehead atoms. The molecule has 0 aromatic carbocycles. The lowest BCUT2D eigenvalue weighted by atomic mass is 10.1. The van der Waals surface area contributed by atoms with Crippen LogP contribution in [0.4, 0.5) is 0 Å². The van der Waals surface area contributed by atoms with Gasteiger partial charge in [-0.3, -0.25) is 4.79 Å².